The standard InChI is InChI=1S/C15H12FIO3/c1-19-13-6-3-9(7-14(13)20-2)15(18)11-5-4-10(16)8-12(11)17/h3-8H,1-2H3. The molecule has 0 fully saturated rings. The van der Waals surface area contributed by atoms with Crippen molar-refractivity contribution >= 4 is 28.4 Å². The molecular weight excluding hydrogens is 374 g/mol. The molecule has 0 aliphatic heterocycles. The highest BCUT2D eigenvalue weighted by Crippen LogP contribution is 2.29. The van der Waals surface area contributed by atoms with Crippen molar-refractivity contribution in [3.05, 3.63) is 56.9 Å². The predicted octanol–water partition coefficient (Wildman–Crippen LogP) is 3.68. The van der Waals surface area contributed by atoms with Gasteiger partial charge in [-0.3, -0.25) is 4.79 Å². The smallest absolute Gasteiger partial charge is 0.194 e. The van der Waals surface area contributed by atoms with E-state index in [1.807, 2.05) is 22.6 Å². The molecule has 0 atom stereocenters. The molecule has 0 amide bonds. The molecule has 20 heavy (non-hydrogen) atoms. The van der Waals surface area contributed by atoms with Crippen molar-refractivity contribution in [1.29, 1.82) is 0 Å². The Morgan fingerprint density at radius 2 is 1.75 bits per heavy atom. The Bertz CT molecular complexity index is 656. The van der Waals surface area contributed by atoms with Gasteiger partial charge in [0.1, 0.15) is 5.82 Å². The van der Waals surface area contributed by atoms with Crippen LogP contribution in [0.15, 0.2) is 36.4 Å². The van der Waals surface area contributed by atoms with Crippen LogP contribution in [-0.4, -0.2) is 20.0 Å². The van der Waals surface area contributed by atoms with E-state index in [9.17, 15) is 9.18 Å². The van der Waals surface area contributed by atoms with Gasteiger partial charge in [0.2, 0.25) is 0 Å². The van der Waals surface area contributed by atoms with Crippen molar-refractivity contribution in [3.8, 4) is 11.5 Å². The van der Waals surface area contributed by atoms with E-state index in [2.05, 4.69) is 0 Å². The first kappa shape index (κ1) is 14.8. The van der Waals surface area contributed by atoms with E-state index in [0.717, 1.165) is 0 Å². The zero-order chi connectivity index (χ0) is 14.7. The molecule has 0 saturated carbocycles. The molecule has 2 aromatic carbocycles. The molecule has 0 aliphatic carbocycles. The van der Waals surface area contributed by atoms with Gasteiger partial charge < -0.3 is 9.47 Å². The average molecular weight is 386 g/mol. The summed E-state index contributed by atoms with van der Waals surface area (Å²) < 4.78 is 24.0. The van der Waals surface area contributed by atoms with Crippen molar-refractivity contribution in [2.24, 2.45) is 0 Å². The van der Waals surface area contributed by atoms with Crippen molar-refractivity contribution in [2.45, 2.75) is 0 Å². The third-order valence-corrected chi connectivity index (χ3v) is 3.71. The zero-order valence-electron chi connectivity index (χ0n) is 10.9. The second-order valence-corrected chi connectivity index (χ2v) is 5.19. The lowest BCUT2D eigenvalue weighted by Gasteiger charge is -2.09. The second-order valence-electron chi connectivity index (χ2n) is 4.02. The molecule has 0 spiro atoms. The molecule has 0 radical (unpaired) electrons. The van der Waals surface area contributed by atoms with Gasteiger partial charge in [-0.15, -0.1) is 0 Å². The Hall–Kier alpha value is -1.63. The maximum Gasteiger partial charge on any atom is 0.194 e. The van der Waals surface area contributed by atoms with Crippen LogP contribution in [0.4, 0.5) is 4.39 Å². The van der Waals surface area contributed by atoms with Crippen molar-refractivity contribution in [2.75, 3.05) is 14.2 Å². The summed E-state index contributed by atoms with van der Waals surface area (Å²) >= 11 is 1.94. The Morgan fingerprint density at radius 1 is 1.05 bits per heavy atom. The first-order valence-electron chi connectivity index (χ1n) is 5.78. The number of halogens is 2. The van der Waals surface area contributed by atoms with Crippen molar-refractivity contribution < 1.29 is 18.7 Å². The van der Waals surface area contributed by atoms with Crippen molar-refractivity contribution in [1.82, 2.24) is 0 Å². The van der Waals surface area contributed by atoms with Crippen LogP contribution in [0, 0.1) is 9.39 Å². The molecule has 0 aliphatic rings. The predicted molar refractivity (Wildman–Crippen MR) is 82.1 cm³/mol. The van der Waals surface area contributed by atoms with Crippen LogP contribution < -0.4 is 9.47 Å². The topological polar surface area (TPSA) is 35.5 Å². The number of carbonyl (C=O) groups is 1. The van der Waals surface area contributed by atoms with Gasteiger partial charge in [-0.1, -0.05) is 0 Å². The highest BCUT2D eigenvalue weighted by atomic mass is 127. The van der Waals surface area contributed by atoms with E-state index in [1.165, 1.54) is 32.4 Å². The number of hydrogen-bond acceptors (Lipinski definition) is 3. The van der Waals surface area contributed by atoms with Gasteiger partial charge in [0.15, 0.2) is 17.3 Å². The van der Waals surface area contributed by atoms with Crippen LogP contribution in [0.25, 0.3) is 0 Å². The van der Waals surface area contributed by atoms with E-state index < -0.39 is 0 Å². The molecular formula is C15H12FIO3. The second kappa shape index (κ2) is 6.21. The highest BCUT2D eigenvalue weighted by molar-refractivity contribution is 14.1. The van der Waals surface area contributed by atoms with E-state index in [0.29, 0.717) is 26.2 Å². The van der Waals surface area contributed by atoms with Gasteiger partial charge in [0, 0.05) is 14.7 Å². The Morgan fingerprint density at radius 3 is 2.35 bits per heavy atom. The number of carbonyl (C=O) groups excluding carboxylic acids is 1. The minimum Gasteiger partial charge on any atom is -0.493 e. The molecule has 3 nitrogen and oxygen atoms in total. The molecule has 2 rings (SSSR count). The van der Waals surface area contributed by atoms with Crippen LogP contribution >= 0.6 is 22.6 Å². The molecule has 0 heterocycles. The highest BCUT2D eigenvalue weighted by Gasteiger charge is 2.15. The summed E-state index contributed by atoms with van der Waals surface area (Å²) in [4.78, 5) is 12.4. The average Bonchev–Trinajstić information content (AvgIpc) is 2.45. The number of benzene rings is 2. The van der Waals surface area contributed by atoms with Crippen LogP contribution in [0.3, 0.4) is 0 Å². The third-order valence-electron chi connectivity index (χ3n) is 2.82. The summed E-state index contributed by atoms with van der Waals surface area (Å²) in [5, 5.41) is 0. The van der Waals surface area contributed by atoms with Gasteiger partial charge in [-0.2, -0.15) is 0 Å². The van der Waals surface area contributed by atoms with Crippen LogP contribution in [0.1, 0.15) is 15.9 Å². The molecule has 0 bridgehead atoms. The molecule has 0 aromatic heterocycles. The molecule has 5 heteroatoms. The first-order valence-corrected chi connectivity index (χ1v) is 6.86. The Labute approximate surface area is 129 Å². The fourth-order valence-corrected chi connectivity index (χ4v) is 2.53. The lowest BCUT2D eigenvalue weighted by Crippen LogP contribution is -2.05. The van der Waals surface area contributed by atoms with Crippen LogP contribution in [0.5, 0.6) is 11.5 Å². The summed E-state index contributed by atoms with van der Waals surface area (Å²) in [6.45, 7) is 0. The molecule has 0 saturated heterocycles. The third kappa shape index (κ3) is 2.92. The molecule has 0 N–H and O–H groups in total. The summed E-state index contributed by atoms with van der Waals surface area (Å²) in [5.41, 5.74) is 0.923. The van der Waals surface area contributed by atoms with Gasteiger partial charge in [0.05, 0.1) is 14.2 Å². The fourth-order valence-electron chi connectivity index (χ4n) is 1.81. The Kier molecular flexibility index (Phi) is 4.59. The largest absolute Gasteiger partial charge is 0.493 e. The number of hydrogen-bond donors (Lipinski definition) is 0. The fraction of sp³-hybridized carbons (Fsp3) is 0.133. The summed E-state index contributed by atoms with van der Waals surface area (Å²) in [6, 6.07) is 9.02. The normalized spacial score (nSPS) is 10.2. The summed E-state index contributed by atoms with van der Waals surface area (Å²) in [5.74, 6) is 0.488. The molecule has 2 aromatic rings. The van der Waals surface area contributed by atoms with Crippen LogP contribution in [-0.2, 0) is 0 Å². The van der Waals surface area contributed by atoms with Crippen LogP contribution in [0.2, 0.25) is 0 Å². The minimum atomic E-state index is -0.363. The van der Waals surface area contributed by atoms with E-state index in [1.54, 1.807) is 18.2 Å². The zero-order valence-corrected chi connectivity index (χ0v) is 13.1. The lowest BCUT2D eigenvalue weighted by atomic mass is 10.0. The Balaban J connectivity index is 2.43. The van der Waals surface area contributed by atoms with Crippen molar-refractivity contribution in [3.63, 3.8) is 0 Å². The monoisotopic (exact) mass is 386 g/mol. The number of ether oxygens (including phenoxy) is 2. The minimum absolute atomic E-state index is 0.185. The maximum atomic E-state index is 13.1. The van der Waals surface area contributed by atoms with E-state index in [4.69, 9.17) is 9.47 Å². The van der Waals surface area contributed by atoms with E-state index >= 15 is 0 Å². The molecule has 0 unspecified atom stereocenters. The number of methoxy groups -OCH3 is 2. The maximum absolute atomic E-state index is 13.1. The van der Waals surface area contributed by atoms with Gasteiger partial charge in [-0.25, -0.2) is 4.39 Å². The lowest BCUT2D eigenvalue weighted by molar-refractivity contribution is 0.103. The summed E-state index contributed by atoms with van der Waals surface area (Å²) in [6.07, 6.45) is 0. The number of ketones is 1. The van der Waals surface area contributed by atoms with Gasteiger partial charge >= 0.3 is 0 Å². The van der Waals surface area contributed by atoms with E-state index in [-0.39, 0.29) is 11.6 Å². The summed E-state index contributed by atoms with van der Waals surface area (Å²) in [7, 11) is 3.04. The first-order chi connectivity index (χ1) is 9.56. The molecule has 104 valence electrons. The van der Waals surface area contributed by atoms with Gasteiger partial charge in [-0.05, 0) is 59.0 Å². The van der Waals surface area contributed by atoms with Gasteiger partial charge in [0.25, 0.3) is 0 Å². The quantitative estimate of drug-likeness (QED) is 0.594. The SMILES string of the molecule is COc1ccc(C(=O)c2ccc(F)cc2I)cc1OC. The number of rotatable bonds is 4.